The summed E-state index contributed by atoms with van der Waals surface area (Å²) in [5, 5.41) is 14.6. The van der Waals surface area contributed by atoms with E-state index in [4.69, 9.17) is 0 Å². The molecule has 2 saturated heterocycles. The molecule has 16 heteroatoms. The number of ether oxygens (including phenoxy) is 1. The van der Waals surface area contributed by atoms with E-state index in [9.17, 15) is 37.5 Å². The van der Waals surface area contributed by atoms with Crippen LogP contribution in [0, 0.1) is 5.92 Å². The number of carboxylic acid groups (broad SMARTS) is 1. The summed E-state index contributed by atoms with van der Waals surface area (Å²) >= 11 is 0.785. The van der Waals surface area contributed by atoms with Gasteiger partial charge in [0.2, 0.25) is 11.9 Å². The number of nitrogens with one attached hydrogen (secondary N) is 2. The molecule has 0 radical (unpaired) electrons. The van der Waals surface area contributed by atoms with Crippen LogP contribution >= 0.6 is 11.8 Å². The van der Waals surface area contributed by atoms with Gasteiger partial charge in [-0.05, 0) is 81.1 Å². The molecule has 2 aliphatic rings. The summed E-state index contributed by atoms with van der Waals surface area (Å²) in [5.74, 6) is -1.13. The van der Waals surface area contributed by atoms with Crippen molar-refractivity contribution in [1.29, 1.82) is 0 Å². The second-order valence-electron chi connectivity index (χ2n) is 11.5. The summed E-state index contributed by atoms with van der Waals surface area (Å²) in [6.07, 6.45) is -2.07. The van der Waals surface area contributed by atoms with Gasteiger partial charge in [-0.2, -0.15) is 0 Å². The molecule has 1 aromatic heterocycles. The number of rotatable bonds is 9. The quantitative estimate of drug-likeness (QED) is 0.324. The lowest BCUT2D eigenvalue weighted by Crippen LogP contribution is -2.56. The largest absolute Gasteiger partial charge is 0.573 e. The van der Waals surface area contributed by atoms with Crippen molar-refractivity contribution in [2.45, 2.75) is 64.5 Å². The van der Waals surface area contributed by atoms with Crippen molar-refractivity contribution < 1.29 is 42.2 Å². The minimum absolute atomic E-state index is 0.0696. The molecule has 3 heterocycles. The fourth-order valence-electron chi connectivity index (χ4n) is 5.34. The molecule has 4 rings (SSSR count). The average molecular weight is 651 g/mol. The van der Waals surface area contributed by atoms with Gasteiger partial charge in [-0.3, -0.25) is 24.6 Å². The Morgan fingerprint density at radius 1 is 1.22 bits per heavy atom. The lowest BCUT2D eigenvalue weighted by molar-refractivity contribution is -0.274. The molecule has 1 atom stereocenters. The highest BCUT2D eigenvalue weighted by molar-refractivity contribution is 8.18. The van der Waals surface area contributed by atoms with Gasteiger partial charge in [0, 0.05) is 43.8 Å². The topological polar surface area (TPSA) is 154 Å². The van der Waals surface area contributed by atoms with Gasteiger partial charge in [0.25, 0.3) is 11.1 Å². The van der Waals surface area contributed by atoms with Crippen LogP contribution in [-0.4, -0.2) is 74.2 Å². The number of hydrogen-bond donors (Lipinski definition) is 3. The van der Waals surface area contributed by atoms with Crippen LogP contribution in [0.4, 0.5) is 28.7 Å². The molecule has 45 heavy (non-hydrogen) atoms. The maximum Gasteiger partial charge on any atom is 0.573 e. The van der Waals surface area contributed by atoms with Crippen LogP contribution in [0.15, 0.2) is 41.4 Å². The van der Waals surface area contributed by atoms with Gasteiger partial charge in [-0.1, -0.05) is 12.1 Å². The van der Waals surface area contributed by atoms with E-state index in [1.165, 1.54) is 23.1 Å². The molecule has 0 aliphatic carbocycles. The third kappa shape index (κ3) is 9.33. The number of carbonyl (C=O) groups is 4. The van der Waals surface area contributed by atoms with Crippen LogP contribution in [0.2, 0.25) is 0 Å². The molecule has 0 spiro atoms. The standard InChI is InChI=1S/C29H33F3N6O6S/c1-28(2,3)38(27(42)43)21(15-23(39)34-16-17-5-4-6-20(13-17)44-29(30,31)32)18-8-11-37(12-9-18)25-33-10-7-19(35-25)14-22-24(40)36-26(41)45-22/h4-7,10,13-14,18,21H,8-9,11-12,15-16H2,1-3H3,(H,34,39)(H,42,43)(H,36,40,41)/b22-14-. The predicted octanol–water partition coefficient (Wildman–Crippen LogP) is 4.77. The van der Waals surface area contributed by atoms with Crippen molar-refractivity contribution in [3.63, 3.8) is 0 Å². The molecule has 3 N–H and O–H groups in total. The number of imide groups is 1. The molecule has 1 unspecified atom stereocenters. The Morgan fingerprint density at radius 3 is 2.53 bits per heavy atom. The lowest BCUT2D eigenvalue weighted by atomic mass is 9.84. The number of aromatic nitrogens is 2. The zero-order chi connectivity index (χ0) is 32.9. The van der Waals surface area contributed by atoms with E-state index in [1.54, 1.807) is 39.1 Å². The fraction of sp³-hybridized carbons (Fsp3) is 0.448. The second kappa shape index (κ2) is 13.7. The molecule has 2 fully saturated rings. The number of alkyl halides is 3. The number of carbonyl (C=O) groups excluding carboxylic acids is 3. The summed E-state index contributed by atoms with van der Waals surface area (Å²) < 4.78 is 41.7. The average Bonchev–Trinajstić information content (AvgIpc) is 3.26. The van der Waals surface area contributed by atoms with Gasteiger partial charge in [-0.15, -0.1) is 13.2 Å². The van der Waals surface area contributed by atoms with Gasteiger partial charge in [0.05, 0.1) is 10.6 Å². The minimum atomic E-state index is -4.85. The number of nitrogens with zero attached hydrogens (tertiary/aromatic N) is 4. The van der Waals surface area contributed by atoms with E-state index >= 15 is 0 Å². The van der Waals surface area contributed by atoms with Crippen LogP contribution in [0.5, 0.6) is 5.75 Å². The van der Waals surface area contributed by atoms with Gasteiger partial charge >= 0.3 is 12.5 Å². The molecular weight excluding hydrogens is 617 g/mol. The van der Waals surface area contributed by atoms with Crippen LogP contribution < -0.4 is 20.3 Å². The maximum absolute atomic E-state index is 13.1. The summed E-state index contributed by atoms with van der Waals surface area (Å²) in [4.78, 5) is 61.3. The number of hydrogen-bond acceptors (Lipinski definition) is 9. The first-order valence-electron chi connectivity index (χ1n) is 14.1. The Morgan fingerprint density at radius 2 is 1.93 bits per heavy atom. The van der Waals surface area contributed by atoms with Crippen molar-refractivity contribution in [1.82, 2.24) is 25.5 Å². The normalized spacial score (nSPS) is 17.6. The smallest absolute Gasteiger partial charge is 0.465 e. The molecule has 2 aliphatic heterocycles. The summed E-state index contributed by atoms with van der Waals surface area (Å²) in [5.41, 5.74) is 0.00966. The van der Waals surface area contributed by atoms with Crippen molar-refractivity contribution >= 4 is 46.9 Å². The molecule has 1 aromatic carbocycles. The number of benzene rings is 1. The molecule has 242 valence electrons. The molecule has 0 saturated carbocycles. The van der Waals surface area contributed by atoms with Crippen LogP contribution in [0.25, 0.3) is 6.08 Å². The molecular formula is C29H33F3N6O6S. The molecule has 2 aromatic rings. The van der Waals surface area contributed by atoms with E-state index in [0.717, 1.165) is 17.8 Å². The van der Waals surface area contributed by atoms with Gasteiger partial charge in [-0.25, -0.2) is 14.8 Å². The maximum atomic E-state index is 13.1. The Balaban J connectivity index is 1.44. The van der Waals surface area contributed by atoms with Crippen LogP contribution in [0.3, 0.4) is 0 Å². The van der Waals surface area contributed by atoms with E-state index < -0.39 is 46.8 Å². The van der Waals surface area contributed by atoms with E-state index in [0.29, 0.717) is 43.1 Å². The molecule has 0 bridgehead atoms. The van der Waals surface area contributed by atoms with Gasteiger partial charge in [0.15, 0.2) is 0 Å². The SMILES string of the molecule is CC(C)(C)N(C(=O)O)C(CC(=O)NCc1cccc(OC(F)(F)F)c1)C1CCN(c2nccc(/C=C3\SC(=O)NC3=O)n2)CC1. The van der Waals surface area contributed by atoms with Crippen molar-refractivity contribution in [3.05, 3.63) is 52.7 Å². The monoisotopic (exact) mass is 650 g/mol. The summed E-state index contributed by atoms with van der Waals surface area (Å²) in [6.45, 7) is 6.12. The number of thioether (sulfide) groups is 1. The van der Waals surface area contributed by atoms with Crippen molar-refractivity contribution in [3.8, 4) is 5.75 Å². The van der Waals surface area contributed by atoms with Crippen LogP contribution in [-0.2, 0) is 16.1 Å². The first-order valence-corrected chi connectivity index (χ1v) is 14.9. The Hall–Kier alpha value is -4.34. The Bertz CT molecular complexity index is 1470. The number of halogens is 3. The highest BCUT2D eigenvalue weighted by atomic mass is 32.2. The second-order valence-corrected chi connectivity index (χ2v) is 12.5. The summed E-state index contributed by atoms with van der Waals surface area (Å²) in [7, 11) is 0. The highest BCUT2D eigenvalue weighted by Gasteiger charge is 2.40. The first kappa shape index (κ1) is 33.6. The lowest BCUT2D eigenvalue weighted by Gasteiger charge is -2.45. The highest BCUT2D eigenvalue weighted by Crippen LogP contribution is 2.32. The number of amides is 4. The van der Waals surface area contributed by atoms with Gasteiger partial charge in [0.1, 0.15) is 5.75 Å². The zero-order valence-electron chi connectivity index (χ0n) is 24.8. The summed E-state index contributed by atoms with van der Waals surface area (Å²) in [6, 6.07) is 6.19. The number of piperidine rings is 1. The van der Waals surface area contributed by atoms with E-state index in [2.05, 4.69) is 25.3 Å². The van der Waals surface area contributed by atoms with Crippen molar-refractivity contribution in [2.24, 2.45) is 5.92 Å². The fourth-order valence-corrected chi connectivity index (χ4v) is 6.01. The molecule has 4 amide bonds. The molecule has 12 nitrogen and oxygen atoms in total. The number of anilines is 1. The third-order valence-electron chi connectivity index (χ3n) is 7.23. The Labute approximate surface area is 261 Å². The predicted molar refractivity (Wildman–Crippen MR) is 159 cm³/mol. The van der Waals surface area contributed by atoms with Crippen LogP contribution in [0.1, 0.15) is 51.3 Å². The van der Waals surface area contributed by atoms with Gasteiger partial charge < -0.3 is 20.1 Å². The first-order chi connectivity index (χ1) is 21.1. The minimum Gasteiger partial charge on any atom is -0.465 e. The van der Waals surface area contributed by atoms with E-state index in [1.807, 2.05) is 4.90 Å². The van der Waals surface area contributed by atoms with E-state index in [-0.39, 0.29) is 23.8 Å². The zero-order valence-corrected chi connectivity index (χ0v) is 25.6. The van der Waals surface area contributed by atoms with Crippen molar-refractivity contribution in [2.75, 3.05) is 18.0 Å². The third-order valence-corrected chi connectivity index (χ3v) is 8.04. The Kier molecular flexibility index (Phi) is 10.3.